The van der Waals surface area contributed by atoms with Gasteiger partial charge in [0.15, 0.2) is 16.6 Å². The second-order valence-corrected chi connectivity index (χ2v) is 8.52. The van der Waals surface area contributed by atoms with Crippen molar-refractivity contribution >= 4 is 50.7 Å². The zero-order chi connectivity index (χ0) is 21.6. The number of fused-ring (bicyclic) bond motifs is 1. The van der Waals surface area contributed by atoms with E-state index in [1.807, 2.05) is 60.7 Å². The highest BCUT2D eigenvalue weighted by molar-refractivity contribution is 7.22. The van der Waals surface area contributed by atoms with Crippen molar-refractivity contribution in [1.82, 2.24) is 4.98 Å². The molecule has 0 aliphatic rings. The normalized spacial score (nSPS) is 10.6. The van der Waals surface area contributed by atoms with Crippen LogP contribution in [0, 0.1) is 0 Å². The SMILES string of the molecule is COc1cc(CN(CCN)c2nc3cc(Cl)ccc3s2)ccc1OCc1ccccc1.Cl. The van der Waals surface area contributed by atoms with Gasteiger partial charge < -0.3 is 20.1 Å². The Morgan fingerprint density at radius 3 is 2.56 bits per heavy atom. The van der Waals surface area contributed by atoms with Gasteiger partial charge in [-0.1, -0.05) is 59.3 Å². The average Bonchev–Trinajstić information content (AvgIpc) is 3.21. The minimum absolute atomic E-state index is 0. The summed E-state index contributed by atoms with van der Waals surface area (Å²) in [6.07, 6.45) is 0. The first-order chi connectivity index (χ1) is 15.2. The molecule has 0 aliphatic carbocycles. The first-order valence-corrected chi connectivity index (χ1v) is 11.2. The first-order valence-electron chi connectivity index (χ1n) is 10.0. The number of nitrogens with two attached hydrogens (primary N) is 1. The van der Waals surface area contributed by atoms with Crippen LogP contribution in [0.15, 0.2) is 66.7 Å². The Labute approximate surface area is 203 Å². The van der Waals surface area contributed by atoms with Crippen molar-refractivity contribution in [1.29, 1.82) is 0 Å². The highest BCUT2D eigenvalue weighted by atomic mass is 35.5. The number of hydrogen-bond donors (Lipinski definition) is 1. The standard InChI is InChI=1S/C24H24ClN3O2S.ClH/c1-29-22-13-18(7-9-21(22)30-16-17-5-3-2-4-6-17)15-28(12-11-26)24-27-20-14-19(25)8-10-23(20)31-24;/h2-10,13-14H,11-12,15-16,26H2,1H3;1H. The van der Waals surface area contributed by atoms with Gasteiger partial charge in [0.1, 0.15) is 6.61 Å². The number of hydrogen-bond acceptors (Lipinski definition) is 6. The fraction of sp³-hybridized carbons (Fsp3) is 0.208. The Morgan fingerprint density at radius 2 is 1.81 bits per heavy atom. The number of halogens is 2. The van der Waals surface area contributed by atoms with Crippen molar-refractivity contribution in [2.75, 3.05) is 25.1 Å². The van der Waals surface area contributed by atoms with Crippen LogP contribution >= 0.6 is 35.3 Å². The minimum atomic E-state index is 0. The molecule has 0 radical (unpaired) electrons. The van der Waals surface area contributed by atoms with E-state index in [2.05, 4.69) is 11.0 Å². The van der Waals surface area contributed by atoms with Crippen molar-refractivity contribution in [2.24, 2.45) is 5.73 Å². The van der Waals surface area contributed by atoms with E-state index in [1.165, 1.54) is 0 Å². The molecule has 3 aromatic carbocycles. The molecule has 2 N–H and O–H groups in total. The Balaban J connectivity index is 0.00000289. The monoisotopic (exact) mass is 489 g/mol. The van der Waals surface area contributed by atoms with Gasteiger partial charge in [0.2, 0.25) is 0 Å². The molecular weight excluding hydrogens is 465 g/mol. The summed E-state index contributed by atoms with van der Waals surface area (Å²) in [5.41, 5.74) is 8.99. The number of anilines is 1. The van der Waals surface area contributed by atoms with Crippen LogP contribution < -0.4 is 20.1 Å². The van der Waals surface area contributed by atoms with Crippen LogP contribution in [-0.4, -0.2) is 25.2 Å². The smallest absolute Gasteiger partial charge is 0.186 e. The number of nitrogens with zero attached hydrogens (tertiary/aromatic N) is 2. The van der Waals surface area contributed by atoms with Crippen molar-refractivity contribution in [3.8, 4) is 11.5 Å². The van der Waals surface area contributed by atoms with E-state index < -0.39 is 0 Å². The van der Waals surface area contributed by atoms with E-state index in [1.54, 1.807) is 18.4 Å². The molecule has 1 heterocycles. The van der Waals surface area contributed by atoms with Crippen molar-refractivity contribution in [3.05, 3.63) is 82.9 Å². The van der Waals surface area contributed by atoms with Crippen LogP contribution in [0.2, 0.25) is 5.02 Å². The summed E-state index contributed by atoms with van der Waals surface area (Å²) in [4.78, 5) is 6.94. The van der Waals surface area contributed by atoms with Gasteiger partial charge in [0.25, 0.3) is 0 Å². The van der Waals surface area contributed by atoms with Crippen LogP contribution in [-0.2, 0) is 13.2 Å². The molecule has 0 bridgehead atoms. The summed E-state index contributed by atoms with van der Waals surface area (Å²) < 4.78 is 12.7. The van der Waals surface area contributed by atoms with E-state index in [9.17, 15) is 0 Å². The Hall–Kier alpha value is -2.51. The van der Waals surface area contributed by atoms with Gasteiger partial charge in [-0.2, -0.15) is 0 Å². The van der Waals surface area contributed by atoms with Gasteiger partial charge in [-0.3, -0.25) is 0 Å². The van der Waals surface area contributed by atoms with Gasteiger partial charge in [0, 0.05) is 24.7 Å². The fourth-order valence-electron chi connectivity index (χ4n) is 3.31. The summed E-state index contributed by atoms with van der Waals surface area (Å²) in [5.74, 6) is 1.42. The molecule has 4 rings (SSSR count). The van der Waals surface area contributed by atoms with Crippen molar-refractivity contribution in [3.63, 3.8) is 0 Å². The molecule has 0 aliphatic heterocycles. The van der Waals surface area contributed by atoms with Gasteiger partial charge >= 0.3 is 0 Å². The van der Waals surface area contributed by atoms with E-state index in [0.717, 1.165) is 32.2 Å². The molecule has 0 atom stereocenters. The minimum Gasteiger partial charge on any atom is -0.493 e. The second kappa shape index (κ2) is 11.4. The zero-order valence-electron chi connectivity index (χ0n) is 17.7. The maximum atomic E-state index is 6.12. The number of thiazole rings is 1. The lowest BCUT2D eigenvalue weighted by Gasteiger charge is -2.22. The topological polar surface area (TPSA) is 60.6 Å². The summed E-state index contributed by atoms with van der Waals surface area (Å²) in [5, 5.41) is 1.61. The van der Waals surface area contributed by atoms with Crippen LogP contribution in [0.3, 0.4) is 0 Å². The number of ether oxygens (including phenoxy) is 2. The second-order valence-electron chi connectivity index (χ2n) is 7.08. The van der Waals surface area contributed by atoms with Gasteiger partial charge in [-0.15, -0.1) is 12.4 Å². The molecule has 32 heavy (non-hydrogen) atoms. The van der Waals surface area contributed by atoms with Crippen LogP contribution in [0.25, 0.3) is 10.2 Å². The summed E-state index contributed by atoms with van der Waals surface area (Å²) in [6, 6.07) is 21.9. The first kappa shape index (κ1) is 24.1. The van der Waals surface area contributed by atoms with Gasteiger partial charge in [0.05, 0.1) is 17.3 Å². The number of aromatic nitrogens is 1. The molecule has 0 saturated heterocycles. The molecule has 168 valence electrons. The van der Waals surface area contributed by atoms with Crippen LogP contribution in [0.5, 0.6) is 11.5 Å². The van der Waals surface area contributed by atoms with E-state index in [-0.39, 0.29) is 12.4 Å². The molecule has 0 saturated carbocycles. The predicted octanol–water partition coefficient (Wildman–Crippen LogP) is 5.92. The molecule has 0 fully saturated rings. The lowest BCUT2D eigenvalue weighted by molar-refractivity contribution is 0.284. The summed E-state index contributed by atoms with van der Waals surface area (Å²) in [6.45, 7) is 2.39. The maximum absolute atomic E-state index is 6.12. The third kappa shape index (κ3) is 5.84. The number of benzene rings is 3. The quantitative estimate of drug-likeness (QED) is 0.315. The number of rotatable bonds is 9. The van der Waals surface area contributed by atoms with E-state index in [0.29, 0.717) is 37.0 Å². The van der Waals surface area contributed by atoms with E-state index >= 15 is 0 Å². The molecule has 0 unspecified atom stereocenters. The predicted molar refractivity (Wildman–Crippen MR) is 136 cm³/mol. The summed E-state index contributed by atoms with van der Waals surface area (Å²) >= 11 is 7.75. The van der Waals surface area contributed by atoms with E-state index in [4.69, 9.17) is 31.8 Å². The lowest BCUT2D eigenvalue weighted by Crippen LogP contribution is -2.28. The Morgan fingerprint density at radius 1 is 1.00 bits per heavy atom. The Bertz CT molecular complexity index is 1150. The molecule has 1 aromatic heterocycles. The average molecular weight is 490 g/mol. The molecule has 4 aromatic rings. The molecular formula is C24H25Cl2N3O2S. The highest BCUT2D eigenvalue weighted by Crippen LogP contribution is 2.33. The number of methoxy groups -OCH3 is 1. The Kier molecular flexibility index (Phi) is 8.59. The van der Waals surface area contributed by atoms with Crippen molar-refractivity contribution in [2.45, 2.75) is 13.2 Å². The lowest BCUT2D eigenvalue weighted by atomic mass is 10.2. The summed E-state index contributed by atoms with van der Waals surface area (Å²) in [7, 11) is 1.66. The zero-order valence-corrected chi connectivity index (χ0v) is 20.1. The fourth-order valence-corrected chi connectivity index (χ4v) is 4.44. The largest absolute Gasteiger partial charge is 0.493 e. The highest BCUT2D eigenvalue weighted by Gasteiger charge is 2.14. The van der Waals surface area contributed by atoms with Gasteiger partial charge in [-0.05, 0) is 41.5 Å². The van der Waals surface area contributed by atoms with Crippen molar-refractivity contribution < 1.29 is 9.47 Å². The third-order valence-electron chi connectivity index (χ3n) is 4.85. The molecule has 0 spiro atoms. The third-order valence-corrected chi connectivity index (χ3v) is 6.18. The molecule has 0 amide bonds. The molecule has 8 heteroatoms. The van der Waals surface area contributed by atoms with Crippen LogP contribution in [0.1, 0.15) is 11.1 Å². The van der Waals surface area contributed by atoms with Crippen LogP contribution in [0.4, 0.5) is 5.13 Å². The maximum Gasteiger partial charge on any atom is 0.186 e. The molecule has 5 nitrogen and oxygen atoms in total. The van der Waals surface area contributed by atoms with Gasteiger partial charge in [-0.25, -0.2) is 4.98 Å².